The molecule has 2 N–H and O–H groups in total. The molecule has 0 bridgehead atoms. The van der Waals surface area contributed by atoms with Crippen LogP contribution in [0.5, 0.6) is 0 Å². The second kappa shape index (κ2) is 4.92. The van der Waals surface area contributed by atoms with E-state index in [0.29, 0.717) is 17.5 Å². The van der Waals surface area contributed by atoms with E-state index in [1.165, 1.54) is 0 Å². The monoisotopic (exact) mass is 285 g/mol. The molecule has 0 aliphatic heterocycles. The summed E-state index contributed by atoms with van der Waals surface area (Å²) >= 11 is 0. The predicted molar refractivity (Wildman–Crippen MR) is 75.3 cm³/mol. The molecule has 6 heteroatoms. The first-order valence-electron chi connectivity index (χ1n) is 6.64. The van der Waals surface area contributed by atoms with Gasteiger partial charge in [-0.1, -0.05) is 13.8 Å². The molecule has 1 aliphatic carbocycles. The minimum absolute atomic E-state index is 0.231. The number of aryl methyl sites for hydroxylation is 1. The standard InChI is InChI=1S/C13H23N3O2S/c1-10(2)14-8-11-7-12(9-16(11)4)19(17,18)15-13(3)5-6-13/h7,9-10,14-15H,5-6,8H2,1-4H3. The van der Waals surface area contributed by atoms with Crippen molar-refractivity contribution >= 4 is 10.0 Å². The van der Waals surface area contributed by atoms with Gasteiger partial charge in [0.15, 0.2) is 0 Å². The lowest BCUT2D eigenvalue weighted by Gasteiger charge is -2.10. The quantitative estimate of drug-likeness (QED) is 0.829. The van der Waals surface area contributed by atoms with Gasteiger partial charge in [-0.05, 0) is 25.8 Å². The number of aromatic nitrogens is 1. The van der Waals surface area contributed by atoms with Crippen LogP contribution in [0.25, 0.3) is 0 Å². The highest BCUT2D eigenvalue weighted by molar-refractivity contribution is 7.89. The van der Waals surface area contributed by atoms with E-state index in [4.69, 9.17) is 0 Å². The highest BCUT2D eigenvalue weighted by Crippen LogP contribution is 2.36. The maximum Gasteiger partial charge on any atom is 0.242 e. The summed E-state index contributed by atoms with van der Waals surface area (Å²) in [5.74, 6) is 0. The summed E-state index contributed by atoms with van der Waals surface area (Å²) in [6.45, 7) is 6.74. The minimum Gasteiger partial charge on any atom is -0.352 e. The topological polar surface area (TPSA) is 63.1 Å². The Kier molecular flexibility index (Phi) is 3.77. The molecule has 1 aliphatic rings. The third-order valence-corrected chi connectivity index (χ3v) is 5.07. The summed E-state index contributed by atoms with van der Waals surface area (Å²) in [5.41, 5.74) is 0.736. The molecule has 0 unspecified atom stereocenters. The lowest BCUT2D eigenvalue weighted by molar-refractivity contribution is 0.558. The molecule has 1 aromatic heterocycles. The Labute approximate surface area is 115 Å². The second-order valence-electron chi connectivity index (χ2n) is 5.98. The van der Waals surface area contributed by atoms with E-state index in [2.05, 4.69) is 23.9 Å². The van der Waals surface area contributed by atoms with Gasteiger partial charge in [-0.3, -0.25) is 0 Å². The second-order valence-corrected chi connectivity index (χ2v) is 7.66. The molecule has 1 heterocycles. The van der Waals surface area contributed by atoms with Crippen LogP contribution < -0.4 is 10.0 Å². The molecule has 1 aromatic rings. The summed E-state index contributed by atoms with van der Waals surface area (Å²) in [6.07, 6.45) is 3.51. The highest BCUT2D eigenvalue weighted by Gasteiger charge is 2.41. The first-order chi connectivity index (χ1) is 8.72. The van der Waals surface area contributed by atoms with Crippen molar-refractivity contribution in [3.8, 4) is 0 Å². The van der Waals surface area contributed by atoms with Crippen LogP contribution in [0, 0.1) is 0 Å². The lowest BCUT2D eigenvalue weighted by Crippen LogP contribution is -2.34. The van der Waals surface area contributed by atoms with E-state index in [-0.39, 0.29) is 5.54 Å². The fraction of sp³-hybridized carbons (Fsp3) is 0.692. The number of rotatable bonds is 6. The van der Waals surface area contributed by atoms with Crippen molar-refractivity contribution < 1.29 is 8.42 Å². The van der Waals surface area contributed by atoms with Gasteiger partial charge >= 0.3 is 0 Å². The maximum atomic E-state index is 12.2. The molecular weight excluding hydrogens is 262 g/mol. The van der Waals surface area contributed by atoms with E-state index in [1.807, 2.05) is 18.5 Å². The van der Waals surface area contributed by atoms with Crippen LogP contribution in [0.3, 0.4) is 0 Å². The zero-order valence-electron chi connectivity index (χ0n) is 12.0. The minimum atomic E-state index is -3.39. The molecule has 0 aromatic carbocycles. The summed E-state index contributed by atoms with van der Waals surface area (Å²) < 4.78 is 29.1. The third kappa shape index (κ3) is 3.58. The average molecular weight is 285 g/mol. The van der Waals surface area contributed by atoms with Crippen molar-refractivity contribution in [2.45, 2.75) is 56.6 Å². The van der Waals surface area contributed by atoms with Gasteiger partial charge in [0.25, 0.3) is 0 Å². The van der Waals surface area contributed by atoms with Gasteiger partial charge in [0.05, 0.1) is 4.90 Å². The first kappa shape index (κ1) is 14.6. The molecule has 0 amide bonds. The number of hydrogen-bond donors (Lipinski definition) is 2. The zero-order chi connectivity index (χ0) is 14.3. The van der Waals surface area contributed by atoms with Gasteiger partial charge in [-0.25, -0.2) is 13.1 Å². The Morgan fingerprint density at radius 3 is 2.58 bits per heavy atom. The van der Waals surface area contributed by atoms with E-state index in [1.54, 1.807) is 12.3 Å². The van der Waals surface area contributed by atoms with Crippen molar-refractivity contribution in [2.75, 3.05) is 0 Å². The number of hydrogen-bond acceptors (Lipinski definition) is 3. The molecule has 2 rings (SSSR count). The molecule has 108 valence electrons. The SMILES string of the molecule is CC(C)NCc1cc(S(=O)(=O)NC2(C)CC2)cn1C. The van der Waals surface area contributed by atoms with Crippen LogP contribution in [0.1, 0.15) is 39.3 Å². The lowest BCUT2D eigenvalue weighted by atomic mass is 10.3. The molecule has 19 heavy (non-hydrogen) atoms. The molecule has 1 fully saturated rings. The van der Waals surface area contributed by atoms with Crippen molar-refractivity contribution in [2.24, 2.45) is 7.05 Å². The molecule has 0 radical (unpaired) electrons. The summed E-state index contributed by atoms with van der Waals surface area (Å²) in [5, 5.41) is 3.29. The van der Waals surface area contributed by atoms with Crippen molar-refractivity contribution in [3.05, 3.63) is 18.0 Å². The van der Waals surface area contributed by atoms with E-state index < -0.39 is 10.0 Å². The van der Waals surface area contributed by atoms with E-state index in [9.17, 15) is 8.42 Å². The van der Waals surface area contributed by atoms with Gasteiger partial charge in [0.2, 0.25) is 10.0 Å². The number of nitrogens with one attached hydrogen (secondary N) is 2. The Balaban J connectivity index is 2.14. The zero-order valence-corrected chi connectivity index (χ0v) is 12.8. The van der Waals surface area contributed by atoms with Crippen LogP contribution in [0.15, 0.2) is 17.2 Å². The van der Waals surface area contributed by atoms with E-state index >= 15 is 0 Å². The molecular formula is C13H23N3O2S. The molecule has 0 atom stereocenters. The van der Waals surface area contributed by atoms with E-state index in [0.717, 1.165) is 18.5 Å². The first-order valence-corrected chi connectivity index (χ1v) is 8.13. The Bertz CT molecular complexity index is 556. The van der Waals surface area contributed by atoms with Crippen LogP contribution in [0.4, 0.5) is 0 Å². The van der Waals surface area contributed by atoms with Gasteiger partial charge in [-0.2, -0.15) is 0 Å². The summed E-state index contributed by atoms with van der Waals surface area (Å²) in [4.78, 5) is 0.351. The van der Waals surface area contributed by atoms with Gasteiger partial charge < -0.3 is 9.88 Å². The van der Waals surface area contributed by atoms with Gasteiger partial charge in [0.1, 0.15) is 0 Å². The summed E-state index contributed by atoms with van der Waals surface area (Å²) in [6, 6.07) is 2.11. The van der Waals surface area contributed by atoms with Gasteiger partial charge in [-0.15, -0.1) is 0 Å². The van der Waals surface area contributed by atoms with Crippen molar-refractivity contribution in [1.82, 2.24) is 14.6 Å². The maximum absolute atomic E-state index is 12.2. The molecule has 0 spiro atoms. The van der Waals surface area contributed by atoms with Crippen molar-refractivity contribution in [3.63, 3.8) is 0 Å². The fourth-order valence-corrected chi connectivity index (χ4v) is 3.44. The smallest absolute Gasteiger partial charge is 0.242 e. The highest BCUT2D eigenvalue weighted by atomic mass is 32.2. The molecule has 0 saturated heterocycles. The van der Waals surface area contributed by atoms with Crippen LogP contribution in [-0.2, 0) is 23.6 Å². The Morgan fingerprint density at radius 1 is 1.42 bits per heavy atom. The predicted octanol–water partition coefficient (Wildman–Crippen LogP) is 1.35. The average Bonchev–Trinajstić information content (AvgIpc) is 2.86. The van der Waals surface area contributed by atoms with Crippen molar-refractivity contribution in [1.29, 1.82) is 0 Å². The van der Waals surface area contributed by atoms with Gasteiger partial charge in [0, 0.05) is 37.1 Å². The third-order valence-electron chi connectivity index (χ3n) is 3.47. The Hall–Kier alpha value is -0.850. The normalized spacial score (nSPS) is 17.9. The van der Waals surface area contributed by atoms with Crippen LogP contribution in [0.2, 0.25) is 0 Å². The van der Waals surface area contributed by atoms with Crippen LogP contribution in [-0.4, -0.2) is 24.6 Å². The Morgan fingerprint density at radius 2 is 2.05 bits per heavy atom. The number of sulfonamides is 1. The molecule has 5 nitrogen and oxygen atoms in total. The molecule has 1 saturated carbocycles. The largest absolute Gasteiger partial charge is 0.352 e. The summed E-state index contributed by atoms with van der Waals surface area (Å²) in [7, 11) is -1.52. The van der Waals surface area contributed by atoms with Crippen LogP contribution >= 0.6 is 0 Å². The number of nitrogens with zero attached hydrogens (tertiary/aromatic N) is 1. The fourth-order valence-electron chi connectivity index (χ4n) is 1.88.